The van der Waals surface area contributed by atoms with Crippen LogP contribution in [0.4, 0.5) is 5.69 Å². The molecule has 4 rings (SSSR count). The molecule has 0 bridgehead atoms. The summed E-state index contributed by atoms with van der Waals surface area (Å²) < 4.78 is 6.38. The number of piperidine rings is 1. The lowest BCUT2D eigenvalue weighted by Gasteiger charge is -2.46. The van der Waals surface area contributed by atoms with E-state index in [1.165, 1.54) is 6.92 Å². The van der Waals surface area contributed by atoms with Crippen LogP contribution in [0, 0.1) is 6.92 Å². The highest BCUT2D eigenvalue weighted by atomic mass is 16.5. The molecule has 2 heterocycles. The molecule has 160 valence electrons. The molecule has 2 aliphatic heterocycles. The van der Waals surface area contributed by atoms with E-state index < -0.39 is 12.2 Å². The topological polar surface area (TPSA) is 82.0 Å². The van der Waals surface area contributed by atoms with Crippen LogP contribution in [0.2, 0.25) is 0 Å². The summed E-state index contributed by atoms with van der Waals surface area (Å²) in [6, 6.07) is 13.3. The minimum Gasteiger partial charge on any atom is -0.487 e. The Morgan fingerprint density at radius 2 is 1.93 bits per heavy atom. The van der Waals surface area contributed by atoms with Gasteiger partial charge in [-0.1, -0.05) is 23.8 Å². The van der Waals surface area contributed by atoms with Gasteiger partial charge < -0.3 is 25.2 Å². The Kier molecular flexibility index (Phi) is 5.82. The molecular formula is C24H30N2O4. The first-order valence-electron chi connectivity index (χ1n) is 10.6. The molecule has 1 spiro atoms. The predicted molar refractivity (Wildman–Crippen MR) is 115 cm³/mol. The van der Waals surface area contributed by atoms with Gasteiger partial charge in [0.25, 0.3) is 0 Å². The zero-order chi connectivity index (χ0) is 21.3. The third kappa shape index (κ3) is 4.51. The normalized spacial score (nSPS) is 21.5. The molecule has 2 atom stereocenters. The number of hydrogen-bond donors (Lipinski definition) is 3. The Hall–Kier alpha value is -2.41. The molecule has 2 aromatic rings. The van der Waals surface area contributed by atoms with Crippen LogP contribution in [0.25, 0.3) is 0 Å². The summed E-state index contributed by atoms with van der Waals surface area (Å²) >= 11 is 0. The first kappa shape index (κ1) is 20.8. The van der Waals surface area contributed by atoms with Crippen LogP contribution in [-0.2, 0) is 4.79 Å². The number of likely N-dealkylation sites (tertiary alicyclic amines) is 1. The smallest absolute Gasteiger partial charge is 0.221 e. The Labute approximate surface area is 177 Å². The van der Waals surface area contributed by atoms with Gasteiger partial charge in [0.2, 0.25) is 5.91 Å². The van der Waals surface area contributed by atoms with E-state index in [9.17, 15) is 15.0 Å². The van der Waals surface area contributed by atoms with Gasteiger partial charge in [-0.3, -0.25) is 4.79 Å². The molecule has 0 radical (unpaired) electrons. The van der Waals surface area contributed by atoms with Gasteiger partial charge in [-0.05, 0) is 49.6 Å². The van der Waals surface area contributed by atoms with E-state index in [4.69, 9.17) is 4.74 Å². The summed E-state index contributed by atoms with van der Waals surface area (Å²) in [7, 11) is 0. The number of aliphatic hydroxyl groups is 2. The van der Waals surface area contributed by atoms with Crippen molar-refractivity contribution in [3.63, 3.8) is 0 Å². The number of aliphatic hydroxyl groups excluding tert-OH is 2. The largest absolute Gasteiger partial charge is 0.487 e. The van der Waals surface area contributed by atoms with Crippen LogP contribution in [0.5, 0.6) is 5.75 Å². The quantitative estimate of drug-likeness (QED) is 0.720. The van der Waals surface area contributed by atoms with Crippen molar-refractivity contribution in [1.29, 1.82) is 0 Å². The molecule has 6 nitrogen and oxygen atoms in total. The van der Waals surface area contributed by atoms with E-state index in [2.05, 4.69) is 10.2 Å². The molecule has 1 amide bonds. The van der Waals surface area contributed by atoms with Crippen molar-refractivity contribution >= 4 is 11.6 Å². The number of hydrogen-bond acceptors (Lipinski definition) is 5. The monoisotopic (exact) mass is 410 g/mol. The van der Waals surface area contributed by atoms with E-state index in [-0.39, 0.29) is 11.5 Å². The fourth-order valence-electron chi connectivity index (χ4n) is 4.55. The number of carbonyl (C=O) groups excluding carboxylic acids is 1. The van der Waals surface area contributed by atoms with E-state index in [1.54, 1.807) is 0 Å². The third-order valence-corrected chi connectivity index (χ3v) is 6.23. The molecule has 1 saturated heterocycles. The van der Waals surface area contributed by atoms with E-state index >= 15 is 0 Å². The van der Waals surface area contributed by atoms with E-state index in [0.717, 1.165) is 54.1 Å². The fraction of sp³-hybridized carbons (Fsp3) is 0.458. The summed E-state index contributed by atoms with van der Waals surface area (Å²) in [5, 5.41) is 24.1. The first-order chi connectivity index (χ1) is 14.3. The number of anilines is 1. The predicted octanol–water partition coefficient (Wildman–Crippen LogP) is 3.34. The number of nitrogens with zero attached hydrogens (tertiary/aromatic N) is 1. The minimum atomic E-state index is -0.591. The number of amides is 1. The Balaban J connectivity index is 1.34. The number of benzene rings is 2. The van der Waals surface area contributed by atoms with Crippen molar-refractivity contribution in [2.24, 2.45) is 0 Å². The molecular weight excluding hydrogens is 380 g/mol. The van der Waals surface area contributed by atoms with Crippen LogP contribution in [0.1, 0.15) is 55.1 Å². The highest BCUT2D eigenvalue weighted by Crippen LogP contribution is 2.44. The third-order valence-electron chi connectivity index (χ3n) is 6.23. The van der Waals surface area contributed by atoms with Crippen molar-refractivity contribution in [3.05, 3.63) is 59.2 Å². The maximum Gasteiger partial charge on any atom is 0.221 e. The maximum absolute atomic E-state index is 11.1. The van der Waals surface area contributed by atoms with Crippen LogP contribution < -0.4 is 10.1 Å². The average molecular weight is 411 g/mol. The molecule has 2 aromatic carbocycles. The van der Waals surface area contributed by atoms with Crippen LogP contribution in [0.3, 0.4) is 0 Å². The lowest BCUT2D eigenvalue weighted by atomic mass is 9.81. The number of ether oxygens (including phenoxy) is 1. The number of carbonyl (C=O) groups is 1. The SMILES string of the molecule is CC(=O)Nc1ccc([C@@H](O)CN2CCC3(CC2)C[C@H](O)c2cc(C)ccc2O3)cc1. The summed E-state index contributed by atoms with van der Waals surface area (Å²) in [5.74, 6) is 0.686. The van der Waals surface area contributed by atoms with Crippen molar-refractivity contribution < 1.29 is 19.7 Å². The number of rotatable bonds is 4. The molecule has 2 aliphatic rings. The van der Waals surface area contributed by atoms with Crippen LogP contribution >= 0.6 is 0 Å². The van der Waals surface area contributed by atoms with Gasteiger partial charge in [0.15, 0.2) is 0 Å². The molecule has 0 aromatic heterocycles. The van der Waals surface area contributed by atoms with Gasteiger partial charge in [-0.25, -0.2) is 0 Å². The number of nitrogens with one attached hydrogen (secondary N) is 1. The maximum atomic E-state index is 11.1. The molecule has 3 N–H and O–H groups in total. The Morgan fingerprint density at radius 1 is 1.23 bits per heavy atom. The van der Waals surface area contributed by atoms with Crippen molar-refractivity contribution in [2.75, 3.05) is 25.0 Å². The summed E-state index contributed by atoms with van der Waals surface area (Å²) in [6.45, 7) is 5.67. The average Bonchev–Trinajstić information content (AvgIpc) is 2.71. The number of aryl methyl sites for hydroxylation is 1. The summed E-state index contributed by atoms with van der Waals surface area (Å²) in [5.41, 5.74) is 3.24. The van der Waals surface area contributed by atoms with E-state index in [0.29, 0.717) is 13.0 Å². The molecule has 0 unspecified atom stereocenters. The highest BCUT2D eigenvalue weighted by Gasteiger charge is 2.43. The molecule has 30 heavy (non-hydrogen) atoms. The molecule has 0 aliphatic carbocycles. The van der Waals surface area contributed by atoms with Gasteiger partial charge in [0.05, 0.1) is 12.2 Å². The summed E-state index contributed by atoms with van der Waals surface area (Å²) in [6.07, 6.45) is 1.18. The standard InChI is InChI=1S/C24H30N2O4/c1-16-3-8-23-20(13-16)21(28)14-24(30-23)9-11-26(12-10-24)15-22(29)18-4-6-19(7-5-18)25-17(2)27/h3-8,13,21-22,28-29H,9-12,14-15H2,1-2H3,(H,25,27)/t21-,22-/m0/s1. The minimum absolute atomic E-state index is 0.113. The highest BCUT2D eigenvalue weighted by molar-refractivity contribution is 5.88. The van der Waals surface area contributed by atoms with Gasteiger partial charge >= 0.3 is 0 Å². The second kappa shape index (κ2) is 8.38. The van der Waals surface area contributed by atoms with Gasteiger partial charge in [0, 0.05) is 44.2 Å². The van der Waals surface area contributed by atoms with E-state index in [1.807, 2.05) is 49.4 Å². The van der Waals surface area contributed by atoms with Crippen molar-refractivity contribution in [3.8, 4) is 5.75 Å². The second-order valence-electron chi connectivity index (χ2n) is 8.67. The Morgan fingerprint density at radius 3 is 2.60 bits per heavy atom. The zero-order valence-corrected chi connectivity index (χ0v) is 17.6. The number of fused-ring (bicyclic) bond motifs is 1. The lowest BCUT2D eigenvalue weighted by molar-refractivity contribution is -0.114. The number of β-amino-alcohol motifs (C(OH)–C–C–N with tert-alkyl or cyclic N) is 1. The molecule has 1 fully saturated rings. The second-order valence-corrected chi connectivity index (χ2v) is 8.67. The fourth-order valence-corrected chi connectivity index (χ4v) is 4.55. The molecule has 0 saturated carbocycles. The Bertz CT molecular complexity index is 904. The van der Waals surface area contributed by atoms with Gasteiger partial charge in [-0.15, -0.1) is 0 Å². The summed E-state index contributed by atoms with van der Waals surface area (Å²) in [4.78, 5) is 13.4. The van der Waals surface area contributed by atoms with Crippen molar-refractivity contribution in [2.45, 2.75) is 50.9 Å². The zero-order valence-electron chi connectivity index (χ0n) is 17.6. The van der Waals surface area contributed by atoms with Crippen molar-refractivity contribution in [1.82, 2.24) is 4.90 Å². The first-order valence-corrected chi connectivity index (χ1v) is 10.6. The van der Waals surface area contributed by atoms with Gasteiger partial charge in [0.1, 0.15) is 11.4 Å². The van der Waals surface area contributed by atoms with Crippen LogP contribution in [-0.4, -0.2) is 46.3 Å². The van der Waals surface area contributed by atoms with Crippen LogP contribution in [0.15, 0.2) is 42.5 Å². The molecule has 6 heteroatoms. The van der Waals surface area contributed by atoms with Gasteiger partial charge in [-0.2, -0.15) is 0 Å². The lowest BCUT2D eigenvalue weighted by Crippen LogP contribution is -2.51.